The van der Waals surface area contributed by atoms with Gasteiger partial charge in [-0.15, -0.1) is 0 Å². The molecule has 1 saturated heterocycles. The minimum atomic E-state index is -3.62. The van der Waals surface area contributed by atoms with E-state index in [1.54, 1.807) is 12.1 Å². The van der Waals surface area contributed by atoms with Crippen molar-refractivity contribution >= 4 is 21.6 Å². The van der Waals surface area contributed by atoms with Gasteiger partial charge in [0.2, 0.25) is 10.0 Å². The molecule has 1 aliphatic heterocycles. The highest BCUT2D eigenvalue weighted by Gasteiger charge is 2.32. The van der Waals surface area contributed by atoms with Crippen LogP contribution >= 0.6 is 0 Å². The Kier molecular flexibility index (Phi) is 6.17. The number of sulfonamides is 1. The number of carbonyl (C=O) groups is 1. The van der Waals surface area contributed by atoms with Gasteiger partial charge in [0, 0.05) is 24.3 Å². The third-order valence-corrected chi connectivity index (χ3v) is 6.63. The summed E-state index contributed by atoms with van der Waals surface area (Å²) in [6.07, 6.45) is 0.508. The van der Waals surface area contributed by atoms with Crippen LogP contribution in [-0.2, 0) is 21.2 Å². The topological polar surface area (TPSA) is 75.7 Å². The summed E-state index contributed by atoms with van der Waals surface area (Å²) in [6.45, 7) is 6.39. The molecule has 2 atom stereocenters. The number of hydrogen-bond donors (Lipinski definition) is 1. The number of benzene rings is 2. The summed E-state index contributed by atoms with van der Waals surface area (Å²) in [5.74, 6) is -0.265. The van der Waals surface area contributed by atoms with E-state index in [-0.39, 0.29) is 23.0 Å². The predicted molar refractivity (Wildman–Crippen MR) is 109 cm³/mol. The smallest absolute Gasteiger partial charge is 0.255 e. The fourth-order valence-corrected chi connectivity index (χ4v) is 4.99. The number of morpholine rings is 1. The van der Waals surface area contributed by atoms with E-state index < -0.39 is 10.0 Å². The molecule has 1 N–H and O–H groups in total. The van der Waals surface area contributed by atoms with Crippen LogP contribution in [0.2, 0.25) is 0 Å². The first-order chi connectivity index (χ1) is 13.3. The minimum absolute atomic E-state index is 0.151. The summed E-state index contributed by atoms with van der Waals surface area (Å²) in [5.41, 5.74) is 2.22. The molecule has 0 radical (unpaired) electrons. The standard InChI is InChI=1S/C21H26N2O4S/c1-4-17-7-5-6-8-20(17)22-21(24)18-9-11-19(12-10-18)28(25,26)23-13-15(2)27-16(3)14-23/h5-12,15-16H,4,13-14H2,1-3H3,(H,22,24). The van der Waals surface area contributed by atoms with E-state index in [9.17, 15) is 13.2 Å². The van der Waals surface area contributed by atoms with Crippen molar-refractivity contribution in [1.82, 2.24) is 4.31 Å². The van der Waals surface area contributed by atoms with Crippen molar-refractivity contribution in [2.45, 2.75) is 44.3 Å². The number of anilines is 1. The molecule has 28 heavy (non-hydrogen) atoms. The molecule has 2 unspecified atom stereocenters. The van der Waals surface area contributed by atoms with Gasteiger partial charge in [0.25, 0.3) is 5.91 Å². The van der Waals surface area contributed by atoms with Crippen LogP contribution in [-0.4, -0.2) is 43.9 Å². The van der Waals surface area contributed by atoms with E-state index in [1.807, 2.05) is 45.0 Å². The van der Waals surface area contributed by atoms with E-state index in [2.05, 4.69) is 5.32 Å². The Bertz CT molecular complexity index is 931. The number of aryl methyl sites for hydroxylation is 1. The number of para-hydroxylation sites is 1. The quantitative estimate of drug-likeness (QED) is 0.833. The van der Waals surface area contributed by atoms with E-state index in [4.69, 9.17) is 4.74 Å². The van der Waals surface area contributed by atoms with Gasteiger partial charge in [0.15, 0.2) is 0 Å². The molecule has 0 bridgehead atoms. The summed E-state index contributed by atoms with van der Waals surface area (Å²) in [7, 11) is -3.62. The fraction of sp³-hybridized carbons (Fsp3) is 0.381. The van der Waals surface area contributed by atoms with Gasteiger partial charge in [0.1, 0.15) is 0 Å². The van der Waals surface area contributed by atoms with Gasteiger partial charge < -0.3 is 10.1 Å². The number of ether oxygens (including phenoxy) is 1. The number of rotatable bonds is 5. The Labute approximate surface area is 166 Å². The Morgan fingerprint density at radius 2 is 1.68 bits per heavy atom. The second-order valence-electron chi connectivity index (χ2n) is 7.07. The number of carbonyl (C=O) groups excluding carboxylic acids is 1. The van der Waals surface area contributed by atoms with E-state index in [0.717, 1.165) is 17.7 Å². The van der Waals surface area contributed by atoms with Crippen LogP contribution in [0.15, 0.2) is 53.4 Å². The lowest BCUT2D eigenvalue weighted by Crippen LogP contribution is -2.48. The first kappa shape index (κ1) is 20.5. The maximum atomic E-state index is 12.9. The van der Waals surface area contributed by atoms with Gasteiger partial charge >= 0.3 is 0 Å². The largest absolute Gasteiger partial charge is 0.373 e. The van der Waals surface area contributed by atoms with Crippen molar-refractivity contribution in [1.29, 1.82) is 0 Å². The van der Waals surface area contributed by atoms with E-state index in [0.29, 0.717) is 18.7 Å². The SMILES string of the molecule is CCc1ccccc1NC(=O)c1ccc(S(=O)(=O)N2CC(C)OC(C)C2)cc1. The van der Waals surface area contributed by atoms with Crippen molar-refractivity contribution in [3.05, 3.63) is 59.7 Å². The van der Waals surface area contributed by atoms with Gasteiger partial charge in [-0.05, 0) is 56.2 Å². The maximum Gasteiger partial charge on any atom is 0.255 e. The zero-order valence-electron chi connectivity index (χ0n) is 16.4. The molecular weight excluding hydrogens is 376 g/mol. The van der Waals surface area contributed by atoms with Gasteiger partial charge in [0.05, 0.1) is 17.1 Å². The van der Waals surface area contributed by atoms with Gasteiger partial charge in [-0.25, -0.2) is 8.42 Å². The van der Waals surface area contributed by atoms with E-state index in [1.165, 1.54) is 16.4 Å². The van der Waals surface area contributed by atoms with Crippen molar-refractivity contribution in [2.24, 2.45) is 0 Å². The highest BCUT2D eigenvalue weighted by Crippen LogP contribution is 2.22. The van der Waals surface area contributed by atoms with Crippen LogP contribution in [0.3, 0.4) is 0 Å². The summed E-state index contributed by atoms with van der Waals surface area (Å²) in [4.78, 5) is 12.7. The molecular formula is C21H26N2O4S. The highest BCUT2D eigenvalue weighted by molar-refractivity contribution is 7.89. The summed E-state index contributed by atoms with van der Waals surface area (Å²) in [5, 5.41) is 2.90. The summed E-state index contributed by atoms with van der Waals surface area (Å²) >= 11 is 0. The molecule has 6 nitrogen and oxygen atoms in total. The first-order valence-electron chi connectivity index (χ1n) is 9.46. The molecule has 7 heteroatoms. The lowest BCUT2D eigenvalue weighted by atomic mass is 10.1. The van der Waals surface area contributed by atoms with Crippen LogP contribution in [0.4, 0.5) is 5.69 Å². The normalized spacial score (nSPS) is 20.7. The van der Waals surface area contributed by atoms with Crippen molar-refractivity contribution < 1.29 is 17.9 Å². The number of hydrogen-bond acceptors (Lipinski definition) is 4. The zero-order valence-corrected chi connectivity index (χ0v) is 17.2. The van der Waals surface area contributed by atoms with Crippen LogP contribution in [0.25, 0.3) is 0 Å². The van der Waals surface area contributed by atoms with Crippen LogP contribution in [0, 0.1) is 0 Å². The van der Waals surface area contributed by atoms with Crippen molar-refractivity contribution in [2.75, 3.05) is 18.4 Å². The fourth-order valence-electron chi connectivity index (χ4n) is 3.40. The molecule has 0 aromatic heterocycles. The second kappa shape index (κ2) is 8.43. The average molecular weight is 403 g/mol. The lowest BCUT2D eigenvalue weighted by Gasteiger charge is -2.34. The van der Waals surface area contributed by atoms with Crippen molar-refractivity contribution in [3.8, 4) is 0 Å². The molecule has 1 heterocycles. The first-order valence-corrected chi connectivity index (χ1v) is 10.9. The molecule has 1 fully saturated rings. The zero-order chi connectivity index (χ0) is 20.3. The lowest BCUT2D eigenvalue weighted by molar-refractivity contribution is -0.0440. The second-order valence-corrected chi connectivity index (χ2v) is 9.01. The summed E-state index contributed by atoms with van der Waals surface area (Å²) in [6, 6.07) is 13.7. The molecule has 3 rings (SSSR count). The molecule has 150 valence electrons. The Balaban J connectivity index is 1.76. The molecule has 2 aromatic carbocycles. The molecule has 0 saturated carbocycles. The molecule has 1 amide bonds. The third-order valence-electron chi connectivity index (χ3n) is 4.79. The Morgan fingerprint density at radius 3 is 2.29 bits per heavy atom. The van der Waals surface area contributed by atoms with Gasteiger partial charge in [-0.3, -0.25) is 4.79 Å². The van der Waals surface area contributed by atoms with Crippen molar-refractivity contribution in [3.63, 3.8) is 0 Å². The van der Waals surface area contributed by atoms with Crippen LogP contribution < -0.4 is 5.32 Å². The molecule has 2 aromatic rings. The number of amides is 1. The molecule has 0 spiro atoms. The molecule has 1 aliphatic rings. The predicted octanol–water partition coefficient (Wildman–Crippen LogP) is 3.30. The average Bonchev–Trinajstić information content (AvgIpc) is 2.67. The van der Waals surface area contributed by atoms with Crippen LogP contribution in [0.5, 0.6) is 0 Å². The van der Waals surface area contributed by atoms with Crippen LogP contribution in [0.1, 0.15) is 36.7 Å². The molecule has 0 aliphatic carbocycles. The third kappa shape index (κ3) is 4.43. The Hall–Kier alpha value is -2.22. The Morgan fingerprint density at radius 1 is 1.07 bits per heavy atom. The monoisotopic (exact) mass is 402 g/mol. The highest BCUT2D eigenvalue weighted by atomic mass is 32.2. The van der Waals surface area contributed by atoms with Gasteiger partial charge in [-0.2, -0.15) is 4.31 Å². The summed E-state index contributed by atoms with van der Waals surface area (Å²) < 4.78 is 32.9. The minimum Gasteiger partial charge on any atom is -0.373 e. The maximum absolute atomic E-state index is 12.9. The number of nitrogens with zero attached hydrogens (tertiary/aromatic N) is 1. The van der Waals surface area contributed by atoms with E-state index >= 15 is 0 Å². The number of nitrogens with one attached hydrogen (secondary N) is 1. The van der Waals surface area contributed by atoms with Gasteiger partial charge in [-0.1, -0.05) is 25.1 Å².